The Balaban J connectivity index is 1.45. The maximum atomic E-state index is 13.1. The highest BCUT2D eigenvalue weighted by atomic mass is 35.5. The van der Waals surface area contributed by atoms with E-state index in [4.69, 9.17) is 34.8 Å². The largest absolute Gasteiger partial charge is 0.338 e. The molecule has 0 unspecified atom stereocenters. The van der Waals surface area contributed by atoms with Gasteiger partial charge >= 0.3 is 0 Å². The van der Waals surface area contributed by atoms with E-state index in [2.05, 4.69) is 0 Å². The molecule has 0 N–H and O–H groups in total. The molecule has 27 heavy (non-hydrogen) atoms. The molecule has 0 bridgehead atoms. The maximum Gasteiger partial charge on any atom is 0.264 e. The zero-order valence-electron chi connectivity index (χ0n) is 14.4. The summed E-state index contributed by atoms with van der Waals surface area (Å²) in [4.78, 5) is 30.0. The third-order valence-corrected chi connectivity index (χ3v) is 7.58. The number of anilines is 1. The summed E-state index contributed by atoms with van der Waals surface area (Å²) in [6.07, 6.45) is 2.14. The van der Waals surface area contributed by atoms with Crippen molar-refractivity contribution in [2.75, 3.05) is 24.5 Å². The molecule has 0 aliphatic carbocycles. The van der Waals surface area contributed by atoms with Gasteiger partial charge in [0.1, 0.15) is 4.34 Å². The van der Waals surface area contributed by atoms with Gasteiger partial charge < -0.3 is 9.80 Å². The van der Waals surface area contributed by atoms with E-state index < -0.39 is 0 Å². The summed E-state index contributed by atoms with van der Waals surface area (Å²) in [7, 11) is 0. The monoisotopic (exact) mass is 442 g/mol. The molecule has 3 heterocycles. The van der Waals surface area contributed by atoms with Crippen molar-refractivity contribution in [2.24, 2.45) is 5.41 Å². The van der Waals surface area contributed by atoms with Gasteiger partial charge in [-0.3, -0.25) is 9.59 Å². The van der Waals surface area contributed by atoms with Crippen LogP contribution < -0.4 is 4.90 Å². The molecule has 1 aromatic heterocycles. The molecule has 4 nitrogen and oxygen atoms in total. The Kier molecular flexibility index (Phi) is 5.14. The van der Waals surface area contributed by atoms with Crippen LogP contribution in [0.3, 0.4) is 0 Å². The van der Waals surface area contributed by atoms with E-state index in [1.807, 2.05) is 23.1 Å². The van der Waals surface area contributed by atoms with Crippen LogP contribution in [0.2, 0.25) is 14.4 Å². The summed E-state index contributed by atoms with van der Waals surface area (Å²) in [5.41, 5.74) is 0.454. The van der Waals surface area contributed by atoms with Gasteiger partial charge in [0.25, 0.3) is 5.91 Å². The molecule has 2 fully saturated rings. The molecule has 0 saturated carbocycles. The van der Waals surface area contributed by atoms with Gasteiger partial charge in [-0.15, -0.1) is 11.3 Å². The fraction of sp³-hybridized carbons (Fsp3) is 0.368. The van der Waals surface area contributed by atoms with Crippen LogP contribution in [0.4, 0.5) is 5.69 Å². The smallest absolute Gasteiger partial charge is 0.264 e. The molecular weight excluding hydrogens is 427 g/mol. The highest BCUT2D eigenvalue weighted by Crippen LogP contribution is 2.44. The first kappa shape index (κ1) is 19.1. The number of thiophene rings is 1. The molecule has 4 rings (SSSR count). The van der Waals surface area contributed by atoms with Crippen LogP contribution in [-0.4, -0.2) is 36.3 Å². The number of carbonyl (C=O) groups excluding carboxylic acids is 2. The van der Waals surface area contributed by atoms with E-state index in [0.29, 0.717) is 51.7 Å². The number of piperidine rings is 1. The second kappa shape index (κ2) is 7.28. The first-order valence-electron chi connectivity index (χ1n) is 8.71. The summed E-state index contributed by atoms with van der Waals surface area (Å²) < 4.78 is 0.427. The van der Waals surface area contributed by atoms with Crippen molar-refractivity contribution in [2.45, 2.75) is 19.3 Å². The number of carbonyl (C=O) groups is 2. The van der Waals surface area contributed by atoms with Gasteiger partial charge in [-0.25, -0.2) is 0 Å². The Morgan fingerprint density at radius 2 is 1.74 bits per heavy atom. The van der Waals surface area contributed by atoms with Crippen LogP contribution in [-0.2, 0) is 4.79 Å². The average molecular weight is 444 g/mol. The van der Waals surface area contributed by atoms with Gasteiger partial charge in [0.2, 0.25) is 5.91 Å². The molecule has 2 saturated heterocycles. The third kappa shape index (κ3) is 3.46. The van der Waals surface area contributed by atoms with Gasteiger partial charge in [0, 0.05) is 30.3 Å². The zero-order valence-corrected chi connectivity index (χ0v) is 17.5. The molecule has 2 aliphatic heterocycles. The summed E-state index contributed by atoms with van der Waals surface area (Å²) in [6.45, 7) is 1.80. The van der Waals surface area contributed by atoms with Crippen LogP contribution in [0.15, 0.2) is 30.3 Å². The summed E-state index contributed by atoms with van der Waals surface area (Å²) >= 11 is 19.2. The zero-order chi connectivity index (χ0) is 19.2. The second-order valence-electron chi connectivity index (χ2n) is 6.99. The molecule has 1 spiro atoms. The van der Waals surface area contributed by atoms with Crippen molar-refractivity contribution in [3.8, 4) is 0 Å². The Morgan fingerprint density at radius 1 is 1.04 bits per heavy atom. The number of halogens is 3. The number of hydrogen-bond donors (Lipinski definition) is 0. The van der Waals surface area contributed by atoms with Crippen molar-refractivity contribution >= 4 is 63.6 Å². The Labute approximate surface area is 176 Å². The van der Waals surface area contributed by atoms with Crippen LogP contribution >= 0.6 is 46.1 Å². The van der Waals surface area contributed by atoms with E-state index in [1.54, 1.807) is 17.0 Å². The van der Waals surface area contributed by atoms with Crippen molar-refractivity contribution in [1.82, 2.24) is 4.90 Å². The molecular formula is C19H17Cl3N2O2S. The third-order valence-electron chi connectivity index (χ3n) is 5.50. The number of hydrogen-bond acceptors (Lipinski definition) is 3. The first-order chi connectivity index (χ1) is 12.9. The maximum absolute atomic E-state index is 13.1. The fourth-order valence-electron chi connectivity index (χ4n) is 3.92. The SMILES string of the molecule is O=C(c1cc(Cl)c(Cl)s1)N1CCC2(CC1)CCN(c1cccc(Cl)c1)C2=O. The standard InChI is InChI=1S/C19H17Cl3N2O2S/c20-12-2-1-3-13(10-12)24-9-6-19(18(24)26)4-7-23(8-5-19)17(25)15-11-14(21)16(22)27-15/h1-3,10-11H,4-9H2. The second-order valence-corrected chi connectivity index (χ2v) is 9.49. The van der Waals surface area contributed by atoms with Gasteiger partial charge in [-0.2, -0.15) is 0 Å². The minimum Gasteiger partial charge on any atom is -0.338 e. The predicted octanol–water partition coefficient (Wildman–Crippen LogP) is 5.37. The van der Waals surface area contributed by atoms with Gasteiger partial charge in [-0.1, -0.05) is 40.9 Å². The molecule has 142 valence electrons. The summed E-state index contributed by atoms with van der Waals surface area (Å²) in [5.74, 6) is 0.0693. The van der Waals surface area contributed by atoms with E-state index in [9.17, 15) is 9.59 Å². The minimum atomic E-state index is -0.385. The number of benzene rings is 1. The van der Waals surface area contributed by atoms with Crippen molar-refractivity contribution < 1.29 is 9.59 Å². The quantitative estimate of drug-likeness (QED) is 0.626. The highest BCUT2D eigenvalue weighted by molar-refractivity contribution is 7.18. The van der Waals surface area contributed by atoms with Crippen molar-refractivity contribution in [3.05, 3.63) is 49.6 Å². The fourth-order valence-corrected chi connectivity index (χ4v) is 5.44. The lowest BCUT2D eigenvalue weighted by atomic mass is 9.77. The van der Waals surface area contributed by atoms with Crippen LogP contribution in [0.1, 0.15) is 28.9 Å². The van der Waals surface area contributed by atoms with E-state index in [0.717, 1.165) is 12.1 Å². The lowest BCUT2D eigenvalue weighted by Gasteiger charge is -2.37. The van der Waals surface area contributed by atoms with Crippen molar-refractivity contribution in [1.29, 1.82) is 0 Å². The van der Waals surface area contributed by atoms with Crippen LogP contribution in [0.25, 0.3) is 0 Å². The van der Waals surface area contributed by atoms with Gasteiger partial charge in [0.05, 0.1) is 15.3 Å². The van der Waals surface area contributed by atoms with Crippen molar-refractivity contribution in [3.63, 3.8) is 0 Å². The molecule has 2 amide bonds. The molecule has 2 aromatic rings. The molecule has 0 radical (unpaired) electrons. The molecule has 0 atom stereocenters. The average Bonchev–Trinajstić information content (AvgIpc) is 3.16. The number of rotatable bonds is 2. The van der Waals surface area contributed by atoms with Gasteiger partial charge in [-0.05, 0) is 43.5 Å². The predicted molar refractivity (Wildman–Crippen MR) is 110 cm³/mol. The Hall–Kier alpha value is -1.27. The Bertz CT molecular complexity index is 887. The normalized spacial score (nSPS) is 19.1. The topological polar surface area (TPSA) is 40.6 Å². The lowest BCUT2D eigenvalue weighted by molar-refractivity contribution is -0.127. The molecule has 1 aromatic carbocycles. The van der Waals surface area contributed by atoms with E-state index in [1.165, 1.54) is 11.3 Å². The number of nitrogens with zero attached hydrogens (tertiary/aromatic N) is 2. The summed E-state index contributed by atoms with van der Waals surface area (Å²) in [5, 5.41) is 1.02. The van der Waals surface area contributed by atoms with Crippen LogP contribution in [0.5, 0.6) is 0 Å². The lowest BCUT2D eigenvalue weighted by Crippen LogP contribution is -2.46. The molecule has 8 heteroatoms. The Morgan fingerprint density at radius 3 is 2.37 bits per heavy atom. The van der Waals surface area contributed by atoms with E-state index >= 15 is 0 Å². The molecule has 2 aliphatic rings. The highest BCUT2D eigenvalue weighted by Gasteiger charge is 2.49. The number of likely N-dealkylation sites (tertiary alicyclic amines) is 1. The summed E-state index contributed by atoms with van der Waals surface area (Å²) in [6, 6.07) is 9.00. The van der Waals surface area contributed by atoms with E-state index in [-0.39, 0.29) is 17.2 Å². The van der Waals surface area contributed by atoms with Crippen LogP contribution in [0, 0.1) is 5.41 Å². The minimum absolute atomic E-state index is 0.0687. The van der Waals surface area contributed by atoms with Gasteiger partial charge in [0.15, 0.2) is 0 Å². The first-order valence-corrected chi connectivity index (χ1v) is 10.7. The number of amides is 2.